The van der Waals surface area contributed by atoms with Crippen LogP contribution in [0.2, 0.25) is 0 Å². The molecule has 0 amide bonds. The molecular weight excluding hydrogens is 289 g/mol. The molecule has 1 heterocycles. The van der Waals surface area contributed by atoms with Crippen LogP contribution in [0.3, 0.4) is 0 Å². The lowest BCUT2D eigenvalue weighted by Gasteiger charge is -2.04. The van der Waals surface area contributed by atoms with Crippen LogP contribution in [-0.2, 0) is 11.3 Å². The maximum atomic E-state index is 13.5. The molecular formula is C16H12FNO2S. The molecule has 1 aromatic heterocycles. The molecule has 0 unspecified atom stereocenters. The van der Waals surface area contributed by atoms with Gasteiger partial charge < -0.3 is 10.5 Å². The molecule has 2 N–H and O–H groups in total. The Balaban J connectivity index is 1.76. The van der Waals surface area contributed by atoms with Crippen molar-refractivity contribution in [2.24, 2.45) is 0 Å². The van der Waals surface area contributed by atoms with E-state index in [1.54, 1.807) is 36.4 Å². The lowest BCUT2D eigenvalue weighted by atomic mass is 10.2. The quantitative estimate of drug-likeness (QED) is 0.588. The van der Waals surface area contributed by atoms with Crippen molar-refractivity contribution >= 4 is 33.1 Å². The minimum Gasteiger partial charge on any atom is -0.457 e. The highest BCUT2D eigenvalue weighted by Crippen LogP contribution is 2.28. The molecule has 5 heteroatoms. The summed E-state index contributed by atoms with van der Waals surface area (Å²) in [4.78, 5) is 12.5. The molecule has 0 atom stereocenters. The molecule has 0 spiro atoms. The molecule has 0 radical (unpaired) electrons. The summed E-state index contributed by atoms with van der Waals surface area (Å²) in [6, 6.07) is 13.4. The fourth-order valence-electron chi connectivity index (χ4n) is 1.99. The Morgan fingerprint density at radius 3 is 2.81 bits per heavy atom. The van der Waals surface area contributed by atoms with Gasteiger partial charge in [-0.3, -0.25) is 0 Å². The number of carbonyl (C=O) groups excluding carboxylic acids is 1. The van der Waals surface area contributed by atoms with Crippen LogP contribution in [0.15, 0.2) is 48.5 Å². The first-order valence-electron chi connectivity index (χ1n) is 6.33. The van der Waals surface area contributed by atoms with Crippen LogP contribution in [0.25, 0.3) is 10.1 Å². The largest absolute Gasteiger partial charge is 0.457 e. The van der Waals surface area contributed by atoms with E-state index in [4.69, 9.17) is 10.5 Å². The van der Waals surface area contributed by atoms with Gasteiger partial charge in [-0.15, -0.1) is 11.3 Å². The summed E-state index contributed by atoms with van der Waals surface area (Å²) in [6.45, 7) is -0.0815. The van der Waals surface area contributed by atoms with Crippen LogP contribution in [0.1, 0.15) is 15.2 Å². The van der Waals surface area contributed by atoms with Crippen molar-refractivity contribution in [2.75, 3.05) is 5.73 Å². The zero-order chi connectivity index (χ0) is 14.8. The van der Waals surface area contributed by atoms with Gasteiger partial charge in [0, 0.05) is 16.0 Å². The predicted octanol–water partition coefficient (Wildman–Crippen LogP) is 3.98. The summed E-state index contributed by atoms with van der Waals surface area (Å²) in [6.07, 6.45) is 0. The number of halogens is 1. The molecule has 106 valence electrons. The molecule has 0 saturated carbocycles. The molecule has 3 aromatic rings. The van der Waals surface area contributed by atoms with Gasteiger partial charge in [-0.05, 0) is 35.7 Å². The molecule has 3 nitrogen and oxygen atoms in total. The summed E-state index contributed by atoms with van der Waals surface area (Å²) in [5.41, 5.74) is 6.71. The highest BCUT2D eigenvalue weighted by Gasteiger charge is 2.13. The maximum Gasteiger partial charge on any atom is 0.348 e. The van der Waals surface area contributed by atoms with E-state index in [1.165, 1.54) is 17.4 Å². The number of rotatable bonds is 3. The van der Waals surface area contributed by atoms with E-state index in [0.717, 1.165) is 10.1 Å². The number of hydrogen-bond acceptors (Lipinski definition) is 4. The van der Waals surface area contributed by atoms with E-state index in [0.29, 0.717) is 16.1 Å². The predicted molar refractivity (Wildman–Crippen MR) is 81.8 cm³/mol. The first kappa shape index (κ1) is 13.6. The fourth-order valence-corrected chi connectivity index (χ4v) is 2.93. The lowest BCUT2D eigenvalue weighted by Crippen LogP contribution is -2.04. The zero-order valence-electron chi connectivity index (χ0n) is 11.0. The minimum atomic E-state index is -0.460. The van der Waals surface area contributed by atoms with Crippen LogP contribution in [0.5, 0.6) is 0 Å². The van der Waals surface area contributed by atoms with Crippen molar-refractivity contribution < 1.29 is 13.9 Å². The van der Waals surface area contributed by atoms with Crippen molar-refractivity contribution in [1.82, 2.24) is 0 Å². The van der Waals surface area contributed by atoms with Gasteiger partial charge in [0.2, 0.25) is 0 Å². The van der Waals surface area contributed by atoms with Crippen molar-refractivity contribution in [3.05, 3.63) is 64.8 Å². The van der Waals surface area contributed by atoms with Crippen LogP contribution in [0, 0.1) is 5.82 Å². The normalized spacial score (nSPS) is 10.7. The van der Waals surface area contributed by atoms with E-state index in [1.807, 2.05) is 6.07 Å². The third kappa shape index (κ3) is 2.87. The summed E-state index contributed by atoms with van der Waals surface area (Å²) in [7, 11) is 0. The van der Waals surface area contributed by atoms with Gasteiger partial charge >= 0.3 is 5.97 Å². The number of nitrogens with two attached hydrogens (primary N) is 1. The number of esters is 1. The van der Waals surface area contributed by atoms with Gasteiger partial charge in [-0.25, -0.2) is 9.18 Å². The molecule has 0 aliphatic heterocycles. The number of thiophene rings is 1. The Morgan fingerprint density at radius 2 is 2.00 bits per heavy atom. The Labute approximate surface area is 124 Å². The second-order valence-corrected chi connectivity index (χ2v) is 5.66. The van der Waals surface area contributed by atoms with E-state index < -0.39 is 5.97 Å². The topological polar surface area (TPSA) is 52.3 Å². The van der Waals surface area contributed by atoms with Crippen LogP contribution < -0.4 is 5.73 Å². The molecule has 0 aliphatic carbocycles. The SMILES string of the molecule is Nc1ccc2sc(C(=O)OCc3ccccc3F)cc2c1. The van der Waals surface area contributed by atoms with E-state index in [-0.39, 0.29) is 12.4 Å². The molecule has 0 aliphatic rings. The smallest absolute Gasteiger partial charge is 0.348 e. The Morgan fingerprint density at radius 1 is 1.19 bits per heavy atom. The Hall–Kier alpha value is -2.40. The van der Waals surface area contributed by atoms with Gasteiger partial charge in [0.05, 0.1) is 0 Å². The Kier molecular flexibility index (Phi) is 3.58. The van der Waals surface area contributed by atoms with Crippen LogP contribution in [0.4, 0.5) is 10.1 Å². The van der Waals surface area contributed by atoms with Crippen LogP contribution >= 0.6 is 11.3 Å². The number of fused-ring (bicyclic) bond motifs is 1. The monoisotopic (exact) mass is 301 g/mol. The highest BCUT2D eigenvalue weighted by atomic mass is 32.1. The van der Waals surface area contributed by atoms with Crippen molar-refractivity contribution in [2.45, 2.75) is 6.61 Å². The molecule has 21 heavy (non-hydrogen) atoms. The van der Waals surface area contributed by atoms with E-state index in [9.17, 15) is 9.18 Å². The van der Waals surface area contributed by atoms with E-state index >= 15 is 0 Å². The second-order valence-electron chi connectivity index (χ2n) is 4.58. The minimum absolute atomic E-state index is 0.0815. The lowest BCUT2D eigenvalue weighted by molar-refractivity contribution is 0.0475. The third-order valence-corrected chi connectivity index (χ3v) is 4.15. The average Bonchev–Trinajstić information content (AvgIpc) is 2.89. The van der Waals surface area contributed by atoms with Crippen molar-refractivity contribution in [1.29, 1.82) is 0 Å². The molecule has 0 fully saturated rings. The number of anilines is 1. The van der Waals surface area contributed by atoms with Crippen molar-refractivity contribution in [3.8, 4) is 0 Å². The van der Waals surface area contributed by atoms with Gasteiger partial charge in [0.1, 0.15) is 17.3 Å². The Bertz CT molecular complexity index is 813. The third-order valence-electron chi connectivity index (χ3n) is 3.06. The van der Waals surface area contributed by atoms with Crippen LogP contribution in [-0.4, -0.2) is 5.97 Å². The van der Waals surface area contributed by atoms with Crippen molar-refractivity contribution in [3.63, 3.8) is 0 Å². The second kappa shape index (κ2) is 5.54. The van der Waals surface area contributed by atoms with E-state index in [2.05, 4.69) is 0 Å². The van der Waals surface area contributed by atoms with Gasteiger partial charge in [-0.1, -0.05) is 18.2 Å². The summed E-state index contributed by atoms with van der Waals surface area (Å²) in [5.74, 6) is -0.840. The number of carbonyl (C=O) groups is 1. The molecule has 2 aromatic carbocycles. The standard InChI is InChI=1S/C16H12FNO2S/c17-13-4-2-1-3-10(13)9-20-16(19)15-8-11-7-12(18)5-6-14(11)21-15/h1-8H,9,18H2. The number of nitrogen functional groups attached to an aromatic ring is 1. The number of ether oxygens (including phenoxy) is 1. The fraction of sp³-hybridized carbons (Fsp3) is 0.0625. The zero-order valence-corrected chi connectivity index (χ0v) is 11.8. The molecule has 0 bridgehead atoms. The molecule has 0 saturated heterocycles. The van der Waals surface area contributed by atoms with Gasteiger partial charge in [0.25, 0.3) is 0 Å². The van der Waals surface area contributed by atoms with Gasteiger partial charge in [-0.2, -0.15) is 0 Å². The first-order valence-corrected chi connectivity index (χ1v) is 7.15. The highest BCUT2D eigenvalue weighted by molar-refractivity contribution is 7.20. The summed E-state index contributed by atoms with van der Waals surface area (Å²) >= 11 is 1.33. The molecule has 3 rings (SSSR count). The number of benzene rings is 2. The maximum absolute atomic E-state index is 13.5. The van der Waals surface area contributed by atoms with Gasteiger partial charge in [0.15, 0.2) is 0 Å². The average molecular weight is 301 g/mol. The number of hydrogen-bond donors (Lipinski definition) is 1. The first-order chi connectivity index (χ1) is 10.1. The summed E-state index contributed by atoms with van der Waals surface area (Å²) < 4.78 is 19.6. The summed E-state index contributed by atoms with van der Waals surface area (Å²) in [5, 5.41) is 0.901.